The predicted octanol–water partition coefficient (Wildman–Crippen LogP) is 1.50. The maximum absolute atomic E-state index is 5.66. The Kier molecular flexibility index (Phi) is 11.4. The Labute approximate surface area is 92.1 Å². The molecule has 1 atom stereocenters. The number of alkyl halides is 1. The van der Waals surface area contributed by atoms with Crippen molar-refractivity contribution in [1.82, 2.24) is 5.32 Å². The van der Waals surface area contributed by atoms with Crippen molar-refractivity contribution in [3.05, 3.63) is 0 Å². The van der Waals surface area contributed by atoms with E-state index in [-0.39, 0.29) is 0 Å². The van der Waals surface area contributed by atoms with Gasteiger partial charge in [0, 0.05) is 32.7 Å². The minimum atomic E-state index is 0.533. The third kappa shape index (κ3) is 10.3. The quantitative estimate of drug-likeness (QED) is 0.450. The number of halogens is 1. The predicted molar refractivity (Wildman–Crippen MR) is 60.1 cm³/mol. The Morgan fingerprint density at radius 3 is 2.71 bits per heavy atom. The third-order valence-corrected chi connectivity index (χ3v) is 2.34. The van der Waals surface area contributed by atoms with E-state index in [2.05, 4.69) is 12.2 Å². The van der Waals surface area contributed by atoms with Gasteiger partial charge in [0.05, 0.1) is 6.61 Å². The van der Waals surface area contributed by atoms with Gasteiger partial charge in [-0.05, 0) is 18.9 Å². The summed E-state index contributed by atoms with van der Waals surface area (Å²) >= 11 is 5.66. The lowest BCUT2D eigenvalue weighted by Gasteiger charge is -2.09. The minimum absolute atomic E-state index is 0.533. The summed E-state index contributed by atoms with van der Waals surface area (Å²) in [5.41, 5.74) is 0. The highest BCUT2D eigenvalue weighted by molar-refractivity contribution is 6.18. The third-order valence-electron chi connectivity index (χ3n) is 1.82. The number of hydrogen-bond acceptors (Lipinski definition) is 3. The number of nitrogens with one attached hydrogen (secondary N) is 1. The molecular formula is C10H22ClNO2. The van der Waals surface area contributed by atoms with E-state index in [0.717, 1.165) is 39.3 Å². The monoisotopic (exact) mass is 223 g/mol. The molecule has 0 fully saturated rings. The molecule has 0 aromatic carbocycles. The van der Waals surface area contributed by atoms with Crippen LogP contribution >= 0.6 is 11.6 Å². The van der Waals surface area contributed by atoms with Crippen LogP contribution in [0.3, 0.4) is 0 Å². The van der Waals surface area contributed by atoms with E-state index in [1.54, 1.807) is 7.11 Å². The molecule has 0 spiro atoms. The molecule has 86 valence electrons. The highest BCUT2D eigenvalue weighted by Gasteiger charge is 1.97. The van der Waals surface area contributed by atoms with Gasteiger partial charge in [-0.15, -0.1) is 11.6 Å². The second kappa shape index (κ2) is 11.2. The number of hydrogen-bond donors (Lipinski definition) is 1. The van der Waals surface area contributed by atoms with Gasteiger partial charge in [-0.1, -0.05) is 6.92 Å². The van der Waals surface area contributed by atoms with Crippen molar-refractivity contribution in [2.45, 2.75) is 13.3 Å². The molecule has 0 saturated carbocycles. The van der Waals surface area contributed by atoms with E-state index in [1.165, 1.54) is 0 Å². The van der Waals surface area contributed by atoms with Gasteiger partial charge in [-0.25, -0.2) is 0 Å². The fourth-order valence-electron chi connectivity index (χ4n) is 0.955. The van der Waals surface area contributed by atoms with Gasteiger partial charge in [-0.2, -0.15) is 0 Å². The summed E-state index contributed by atoms with van der Waals surface area (Å²) in [4.78, 5) is 0. The molecule has 0 saturated heterocycles. The molecule has 0 rings (SSSR count). The average molecular weight is 224 g/mol. The Morgan fingerprint density at radius 2 is 2.07 bits per heavy atom. The standard InChI is InChI=1S/C10H22ClNO2/c1-10(8-11)9-12-4-7-14-6-3-5-13-2/h10,12H,3-9H2,1-2H3. The first-order valence-electron chi connectivity index (χ1n) is 5.14. The SMILES string of the molecule is COCCCOCCNCC(C)CCl. The zero-order valence-corrected chi connectivity index (χ0v) is 9.98. The van der Waals surface area contributed by atoms with E-state index in [4.69, 9.17) is 21.1 Å². The number of ether oxygens (including phenoxy) is 2. The molecule has 0 amide bonds. The molecule has 1 unspecified atom stereocenters. The first kappa shape index (κ1) is 14.2. The molecule has 0 aliphatic rings. The Hall–Kier alpha value is 0.170. The van der Waals surface area contributed by atoms with Crippen LogP contribution in [0.25, 0.3) is 0 Å². The molecule has 0 bridgehead atoms. The van der Waals surface area contributed by atoms with Gasteiger partial charge in [-0.3, -0.25) is 0 Å². The molecule has 0 aliphatic carbocycles. The zero-order chi connectivity index (χ0) is 10.6. The molecule has 0 aromatic heterocycles. The maximum atomic E-state index is 5.66. The fraction of sp³-hybridized carbons (Fsp3) is 1.00. The minimum Gasteiger partial charge on any atom is -0.385 e. The topological polar surface area (TPSA) is 30.5 Å². The molecule has 0 heterocycles. The van der Waals surface area contributed by atoms with Crippen LogP contribution in [0.1, 0.15) is 13.3 Å². The molecule has 3 nitrogen and oxygen atoms in total. The molecule has 14 heavy (non-hydrogen) atoms. The summed E-state index contributed by atoms with van der Waals surface area (Å²) in [6.07, 6.45) is 0.967. The van der Waals surface area contributed by atoms with Crippen molar-refractivity contribution in [2.24, 2.45) is 5.92 Å². The van der Waals surface area contributed by atoms with Crippen LogP contribution in [0.15, 0.2) is 0 Å². The fourth-order valence-corrected chi connectivity index (χ4v) is 1.06. The van der Waals surface area contributed by atoms with E-state index in [1.807, 2.05) is 0 Å². The maximum Gasteiger partial charge on any atom is 0.0590 e. The summed E-state index contributed by atoms with van der Waals surface area (Å²) in [5.74, 6) is 1.24. The van der Waals surface area contributed by atoms with E-state index in [9.17, 15) is 0 Å². The Morgan fingerprint density at radius 1 is 1.29 bits per heavy atom. The molecule has 0 aliphatic heterocycles. The summed E-state index contributed by atoms with van der Waals surface area (Å²) in [5, 5.41) is 3.29. The van der Waals surface area contributed by atoms with Gasteiger partial charge in [0.1, 0.15) is 0 Å². The lowest BCUT2D eigenvalue weighted by molar-refractivity contribution is 0.104. The second-order valence-corrected chi connectivity index (χ2v) is 3.73. The van der Waals surface area contributed by atoms with Gasteiger partial charge >= 0.3 is 0 Å². The average Bonchev–Trinajstić information content (AvgIpc) is 2.21. The lowest BCUT2D eigenvalue weighted by atomic mass is 10.2. The van der Waals surface area contributed by atoms with Crippen molar-refractivity contribution in [3.63, 3.8) is 0 Å². The largest absolute Gasteiger partial charge is 0.385 e. The number of rotatable bonds is 10. The first-order chi connectivity index (χ1) is 6.81. The van der Waals surface area contributed by atoms with Gasteiger partial charge in [0.15, 0.2) is 0 Å². The van der Waals surface area contributed by atoms with E-state index < -0.39 is 0 Å². The summed E-state index contributed by atoms with van der Waals surface area (Å²) in [6.45, 7) is 6.30. The molecular weight excluding hydrogens is 202 g/mol. The van der Waals surface area contributed by atoms with Crippen LogP contribution in [0.5, 0.6) is 0 Å². The molecule has 4 heteroatoms. The Balaban J connectivity index is 2.92. The first-order valence-corrected chi connectivity index (χ1v) is 5.68. The molecule has 0 radical (unpaired) electrons. The van der Waals surface area contributed by atoms with Crippen LogP contribution in [-0.4, -0.2) is 45.9 Å². The smallest absolute Gasteiger partial charge is 0.0590 e. The van der Waals surface area contributed by atoms with Crippen LogP contribution in [0, 0.1) is 5.92 Å². The van der Waals surface area contributed by atoms with Crippen molar-refractivity contribution < 1.29 is 9.47 Å². The van der Waals surface area contributed by atoms with Crippen molar-refractivity contribution in [2.75, 3.05) is 45.9 Å². The van der Waals surface area contributed by atoms with Gasteiger partial charge in [0.2, 0.25) is 0 Å². The number of methoxy groups -OCH3 is 1. The van der Waals surface area contributed by atoms with Gasteiger partial charge in [0.25, 0.3) is 0 Å². The van der Waals surface area contributed by atoms with Crippen molar-refractivity contribution in [1.29, 1.82) is 0 Å². The van der Waals surface area contributed by atoms with E-state index >= 15 is 0 Å². The van der Waals surface area contributed by atoms with Crippen LogP contribution in [-0.2, 0) is 9.47 Å². The van der Waals surface area contributed by atoms with Crippen LogP contribution in [0.2, 0.25) is 0 Å². The lowest BCUT2D eigenvalue weighted by Crippen LogP contribution is -2.26. The zero-order valence-electron chi connectivity index (χ0n) is 9.22. The van der Waals surface area contributed by atoms with Crippen LogP contribution < -0.4 is 5.32 Å². The highest BCUT2D eigenvalue weighted by Crippen LogP contribution is 1.94. The highest BCUT2D eigenvalue weighted by atomic mass is 35.5. The Bertz CT molecular complexity index is 114. The van der Waals surface area contributed by atoms with Crippen molar-refractivity contribution >= 4 is 11.6 Å². The summed E-state index contributed by atoms with van der Waals surface area (Å²) in [7, 11) is 1.70. The van der Waals surface area contributed by atoms with E-state index in [0.29, 0.717) is 11.8 Å². The molecule has 0 aromatic rings. The second-order valence-electron chi connectivity index (χ2n) is 3.42. The van der Waals surface area contributed by atoms with Gasteiger partial charge < -0.3 is 14.8 Å². The van der Waals surface area contributed by atoms with Crippen molar-refractivity contribution in [3.8, 4) is 0 Å². The normalized spacial score (nSPS) is 13.1. The van der Waals surface area contributed by atoms with Crippen LogP contribution in [0.4, 0.5) is 0 Å². The summed E-state index contributed by atoms with van der Waals surface area (Å²) in [6, 6.07) is 0. The molecule has 1 N–H and O–H groups in total. The summed E-state index contributed by atoms with van der Waals surface area (Å²) < 4.78 is 10.3.